The molecular formula is C22H26O8S. The van der Waals surface area contributed by atoms with Crippen molar-refractivity contribution in [2.45, 2.75) is 0 Å². The minimum atomic E-state index is -3.40. The van der Waals surface area contributed by atoms with Crippen LogP contribution in [0.1, 0.15) is 11.1 Å². The van der Waals surface area contributed by atoms with Gasteiger partial charge in [0.15, 0.2) is 32.8 Å². The van der Waals surface area contributed by atoms with Crippen LogP contribution in [0, 0.1) is 0 Å². The van der Waals surface area contributed by atoms with E-state index in [4.69, 9.17) is 18.9 Å². The molecule has 0 saturated carbocycles. The zero-order valence-electron chi connectivity index (χ0n) is 17.8. The molecule has 2 aromatic rings. The smallest absolute Gasteiger partial charge is 0.200 e. The van der Waals surface area contributed by atoms with E-state index in [2.05, 4.69) is 0 Å². The van der Waals surface area contributed by atoms with Crippen molar-refractivity contribution in [1.29, 1.82) is 0 Å². The highest BCUT2D eigenvalue weighted by Crippen LogP contribution is 2.38. The van der Waals surface area contributed by atoms with E-state index in [1.165, 1.54) is 40.6 Å². The van der Waals surface area contributed by atoms with Gasteiger partial charge in [-0.15, -0.1) is 0 Å². The Morgan fingerprint density at radius 2 is 0.968 bits per heavy atom. The Morgan fingerprint density at radius 1 is 0.677 bits per heavy atom. The summed E-state index contributed by atoms with van der Waals surface area (Å²) in [5.41, 5.74) is 1.25. The van der Waals surface area contributed by atoms with E-state index in [1.807, 2.05) is 0 Å². The number of hydrogen-bond donors (Lipinski definition) is 2. The van der Waals surface area contributed by atoms with E-state index in [1.54, 1.807) is 36.4 Å². The van der Waals surface area contributed by atoms with E-state index in [0.29, 0.717) is 11.1 Å². The first-order valence-corrected chi connectivity index (χ1v) is 11.0. The van der Waals surface area contributed by atoms with Crippen LogP contribution in [0.25, 0.3) is 12.2 Å². The fourth-order valence-electron chi connectivity index (χ4n) is 2.75. The second-order valence-electron chi connectivity index (χ2n) is 6.43. The molecule has 0 aliphatic rings. The lowest BCUT2D eigenvalue weighted by molar-refractivity contribution is 0.340. The van der Waals surface area contributed by atoms with Crippen LogP contribution in [0.5, 0.6) is 34.5 Å². The van der Waals surface area contributed by atoms with Crippen LogP contribution in [0.3, 0.4) is 0 Å². The molecule has 0 unspecified atom stereocenters. The van der Waals surface area contributed by atoms with Gasteiger partial charge < -0.3 is 29.2 Å². The normalized spacial score (nSPS) is 11.7. The third kappa shape index (κ3) is 6.32. The van der Waals surface area contributed by atoms with Gasteiger partial charge in [-0.05, 0) is 35.4 Å². The average molecular weight is 451 g/mol. The predicted octanol–water partition coefficient (Wildman–Crippen LogP) is 3.27. The maximum atomic E-state index is 12.3. The molecule has 0 heterocycles. The second kappa shape index (κ2) is 10.6. The Labute approximate surface area is 181 Å². The van der Waals surface area contributed by atoms with E-state index in [0.717, 1.165) is 0 Å². The summed E-state index contributed by atoms with van der Waals surface area (Å²) in [5, 5.41) is 19.9. The zero-order chi connectivity index (χ0) is 23.0. The van der Waals surface area contributed by atoms with Crippen molar-refractivity contribution in [2.24, 2.45) is 0 Å². The van der Waals surface area contributed by atoms with E-state index in [-0.39, 0.29) is 46.0 Å². The van der Waals surface area contributed by atoms with Crippen LogP contribution in [0.2, 0.25) is 0 Å². The lowest BCUT2D eigenvalue weighted by atomic mass is 10.1. The lowest BCUT2D eigenvalue weighted by Gasteiger charge is -2.09. The molecule has 2 N–H and O–H groups in total. The van der Waals surface area contributed by atoms with Gasteiger partial charge in [-0.2, -0.15) is 0 Å². The number of rotatable bonds is 10. The van der Waals surface area contributed by atoms with Crippen LogP contribution >= 0.6 is 0 Å². The molecule has 0 amide bonds. The minimum Gasteiger partial charge on any atom is -0.502 e. The second-order valence-corrected chi connectivity index (χ2v) is 8.58. The van der Waals surface area contributed by atoms with Gasteiger partial charge in [-0.1, -0.05) is 24.3 Å². The van der Waals surface area contributed by atoms with Gasteiger partial charge in [-0.3, -0.25) is 0 Å². The van der Waals surface area contributed by atoms with Crippen molar-refractivity contribution in [2.75, 3.05) is 39.9 Å². The quantitative estimate of drug-likeness (QED) is 0.567. The van der Waals surface area contributed by atoms with Crippen molar-refractivity contribution < 1.29 is 37.6 Å². The molecule has 0 spiro atoms. The van der Waals surface area contributed by atoms with Crippen molar-refractivity contribution >= 4 is 22.0 Å². The molecule has 0 aromatic heterocycles. The third-order valence-electron chi connectivity index (χ3n) is 4.33. The molecule has 168 valence electrons. The molecule has 2 rings (SSSR count). The van der Waals surface area contributed by atoms with Gasteiger partial charge in [0.1, 0.15) is 0 Å². The summed E-state index contributed by atoms with van der Waals surface area (Å²) in [4.78, 5) is 0. The van der Waals surface area contributed by atoms with Gasteiger partial charge in [0.2, 0.25) is 11.5 Å². The van der Waals surface area contributed by atoms with Crippen LogP contribution in [0.4, 0.5) is 0 Å². The molecule has 31 heavy (non-hydrogen) atoms. The summed E-state index contributed by atoms with van der Waals surface area (Å²) in [6.45, 7) is 0. The summed E-state index contributed by atoms with van der Waals surface area (Å²) < 4.78 is 45.0. The highest BCUT2D eigenvalue weighted by molar-refractivity contribution is 7.91. The Balaban J connectivity index is 2.08. The maximum absolute atomic E-state index is 12.3. The van der Waals surface area contributed by atoms with Crippen molar-refractivity contribution in [3.05, 3.63) is 47.5 Å². The number of methoxy groups -OCH3 is 4. The number of ether oxygens (including phenoxy) is 4. The number of aromatic hydroxyl groups is 2. The van der Waals surface area contributed by atoms with Gasteiger partial charge >= 0.3 is 0 Å². The van der Waals surface area contributed by atoms with Crippen molar-refractivity contribution in [3.8, 4) is 34.5 Å². The Morgan fingerprint density at radius 3 is 1.23 bits per heavy atom. The monoisotopic (exact) mass is 450 g/mol. The van der Waals surface area contributed by atoms with Gasteiger partial charge in [0, 0.05) is 0 Å². The summed E-state index contributed by atoms with van der Waals surface area (Å²) in [6, 6.07) is 6.30. The van der Waals surface area contributed by atoms with Crippen molar-refractivity contribution in [1.82, 2.24) is 0 Å². The number of benzene rings is 2. The minimum absolute atomic E-state index is 0.123. The SMILES string of the molecule is COc1cc(/C=C/CS(=O)(=O)C/C=C/c2cc(OC)c(O)c(OC)c2)cc(OC)c1O. The number of phenolic OH excluding ortho intramolecular Hbond substituents is 2. The zero-order valence-corrected chi connectivity index (χ0v) is 18.6. The lowest BCUT2D eigenvalue weighted by Crippen LogP contribution is -2.07. The molecule has 0 radical (unpaired) electrons. The number of hydrogen-bond acceptors (Lipinski definition) is 8. The van der Waals surface area contributed by atoms with Crippen LogP contribution in [-0.4, -0.2) is 58.6 Å². The standard InChI is InChI=1S/C22H26O8S/c1-27-17-11-15(12-18(28-2)21(17)23)7-5-9-31(25,26)10-6-8-16-13-19(29-3)22(24)20(14-16)30-4/h5-8,11-14,23-24H,9-10H2,1-4H3/b7-5+,8-6+. The number of phenols is 2. The van der Waals surface area contributed by atoms with E-state index < -0.39 is 9.84 Å². The summed E-state index contributed by atoms with van der Waals surface area (Å²) >= 11 is 0. The predicted molar refractivity (Wildman–Crippen MR) is 119 cm³/mol. The number of sulfone groups is 1. The maximum Gasteiger partial charge on any atom is 0.200 e. The molecule has 8 nitrogen and oxygen atoms in total. The van der Waals surface area contributed by atoms with Gasteiger partial charge in [0.05, 0.1) is 39.9 Å². The Bertz CT molecular complexity index is 941. The highest BCUT2D eigenvalue weighted by atomic mass is 32.2. The van der Waals surface area contributed by atoms with Gasteiger partial charge in [-0.25, -0.2) is 8.42 Å². The molecule has 2 aromatic carbocycles. The molecule has 0 bridgehead atoms. The first-order chi connectivity index (χ1) is 14.7. The summed E-state index contributed by atoms with van der Waals surface area (Å²) in [7, 11) is 2.26. The largest absolute Gasteiger partial charge is 0.502 e. The molecule has 0 fully saturated rings. The van der Waals surface area contributed by atoms with Crippen molar-refractivity contribution in [3.63, 3.8) is 0 Å². The molecule has 9 heteroatoms. The fraction of sp³-hybridized carbons (Fsp3) is 0.273. The van der Waals surface area contributed by atoms with Crippen LogP contribution < -0.4 is 18.9 Å². The first kappa shape index (κ1) is 23.9. The molecule has 0 atom stereocenters. The van der Waals surface area contributed by atoms with Crippen LogP contribution in [0.15, 0.2) is 36.4 Å². The molecule has 0 aliphatic heterocycles. The summed E-state index contributed by atoms with van der Waals surface area (Å²) in [5.74, 6) is 0.309. The fourth-order valence-corrected chi connectivity index (χ4v) is 3.66. The first-order valence-electron chi connectivity index (χ1n) is 9.18. The third-order valence-corrected chi connectivity index (χ3v) is 5.73. The summed E-state index contributed by atoms with van der Waals surface area (Å²) in [6.07, 6.45) is 6.25. The highest BCUT2D eigenvalue weighted by Gasteiger charge is 2.12. The molecule has 0 saturated heterocycles. The van der Waals surface area contributed by atoms with Crippen LogP contribution in [-0.2, 0) is 9.84 Å². The van der Waals surface area contributed by atoms with E-state index >= 15 is 0 Å². The Kier molecular flexibility index (Phi) is 8.21. The Hall–Kier alpha value is -3.33. The molecule has 0 aliphatic carbocycles. The topological polar surface area (TPSA) is 112 Å². The molecular weight excluding hydrogens is 424 g/mol. The van der Waals surface area contributed by atoms with Gasteiger partial charge in [0.25, 0.3) is 0 Å². The average Bonchev–Trinajstić information content (AvgIpc) is 2.75. The van der Waals surface area contributed by atoms with E-state index in [9.17, 15) is 18.6 Å².